The lowest BCUT2D eigenvalue weighted by atomic mass is 9.93. The molecule has 172 valence electrons. The Kier molecular flexibility index (Phi) is 6.50. The van der Waals surface area contributed by atoms with Gasteiger partial charge in [0.25, 0.3) is 5.91 Å². The van der Waals surface area contributed by atoms with E-state index in [4.69, 9.17) is 4.99 Å². The highest BCUT2D eigenvalue weighted by molar-refractivity contribution is 7.16. The molecule has 2 heterocycles. The first kappa shape index (κ1) is 22.1. The Morgan fingerprint density at radius 1 is 1.18 bits per heavy atom. The van der Waals surface area contributed by atoms with Gasteiger partial charge in [-0.1, -0.05) is 43.5 Å². The monoisotopic (exact) mass is 459 g/mol. The van der Waals surface area contributed by atoms with Crippen molar-refractivity contribution in [2.45, 2.75) is 77.3 Å². The fraction of sp³-hybridized carbons (Fsp3) is 0.429. The van der Waals surface area contributed by atoms with E-state index >= 15 is 0 Å². The lowest BCUT2D eigenvalue weighted by Gasteiger charge is -2.23. The van der Waals surface area contributed by atoms with E-state index in [1.165, 1.54) is 52.7 Å². The zero-order chi connectivity index (χ0) is 22.8. The molecule has 1 saturated carbocycles. The van der Waals surface area contributed by atoms with Gasteiger partial charge in [0, 0.05) is 45.8 Å². The van der Waals surface area contributed by atoms with Crippen molar-refractivity contribution in [1.82, 2.24) is 9.88 Å². The highest BCUT2D eigenvalue weighted by atomic mass is 32.1. The number of fused-ring (bicyclic) bond motifs is 2. The number of benzene rings is 1. The molecule has 3 aromatic rings. The van der Waals surface area contributed by atoms with E-state index in [1.807, 2.05) is 12.3 Å². The zero-order valence-electron chi connectivity index (χ0n) is 19.5. The van der Waals surface area contributed by atoms with Crippen molar-refractivity contribution in [2.75, 3.05) is 0 Å². The van der Waals surface area contributed by atoms with Gasteiger partial charge < -0.3 is 9.88 Å². The normalized spacial score (nSPS) is 16.9. The van der Waals surface area contributed by atoms with E-state index in [0.717, 1.165) is 54.8 Å². The third-order valence-electron chi connectivity index (χ3n) is 7.22. The summed E-state index contributed by atoms with van der Waals surface area (Å²) in [6, 6.07) is 8.75. The van der Waals surface area contributed by atoms with Gasteiger partial charge in [-0.2, -0.15) is 0 Å². The summed E-state index contributed by atoms with van der Waals surface area (Å²) in [5, 5.41) is 5.41. The molecule has 0 aliphatic heterocycles. The molecule has 2 aromatic heterocycles. The number of nitrogens with zero attached hydrogens (tertiary/aromatic N) is 2. The Labute approximate surface area is 200 Å². The molecule has 1 aromatic carbocycles. The Morgan fingerprint density at radius 2 is 1.97 bits per heavy atom. The number of amides is 1. The topological polar surface area (TPSA) is 46.4 Å². The molecule has 33 heavy (non-hydrogen) atoms. The average molecular weight is 460 g/mol. The van der Waals surface area contributed by atoms with Crippen LogP contribution in [0, 0.1) is 6.92 Å². The van der Waals surface area contributed by atoms with Crippen LogP contribution in [-0.2, 0) is 19.4 Å². The summed E-state index contributed by atoms with van der Waals surface area (Å²) >= 11 is 1.72. The average Bonchev–Trinajstić information content (AvgIpc) is 3.34. The lowest BCUT2D eigenvalue weighted by molar-refractivity contribution is 0.0927. The number of aryl methyl sites for hydroxylation is 1. The highest BCUT2D eigenvalue weighted by Crippen LogP contribution is 2.40. The number of allylic oxidation sites excluding steroid dienone is 1. The van der Waals surface area contributed by atoms with Crippen molar-refractivity contribution in [3.63, 3.8) is 0 Å². The van der Waals surface area contributed by atoms with Gasteiger partial charge in [-0.3, -0.25) is 4.79 Å². The molecule has 1 fully saturated rings. The van der Waals surface area contributed by atoms with Gasteiger partial charge in [0.05, 0.1) is 5.56 Å². The van der Waals surface area contributed by atoms with Crippen molar-refractivity contribution in [3.05, 3.63) is 64.2 Å². The Hall–Kier alpha value is -2.66. The van der Waals surface area contributed by atoms with Crippen LogP contribution in [0.5, 0.6) is 0 Å². The standard InChI is InChI=1S/C28H33N3OS/c1-3-17-31-19(2)23(21-13-7-9-15-24(21)31)18-29-28-26(22-14-8-10-16-25(22)33-28)27(32)30-20-11-5-4-6-12-20/h3,7,9,13,15,18,20H,1,4-6,8,10-12,14,16-17H2,2H3,(H,30,32). The van der Waals surface area contributed by atoms with Crippen LogP contribution >= 0.6 is 11.3 Å². The van der Waals surface area contributed by atoms with Crippen LogP contribution in [0.15, 0.2) is 41.9 Å². The molecule has 1 amide bonds. The molecule has 0 spiro atoms. The summed E-state index contributed by atoms with van der Waals surface area (Å²) in [7, 11) is 0. The summed E-state index contributed by atoms with van der Waals surface area (Å²) in [4.78, 5) is 19.8. The maximum absolute atomic E-state index is 13.5. The number of aromatic nitrogens is 1. The fourth-order valence-electron chi connectivity index (χ4n) is 5.49. The van der Waals surface area contributed by atoms with Crippen LogP contribution in [0.3, 0.4) is 0 Å². The molecule has 4 nitrogen and oxygen atoms in total. The molecular formula is C28H33N3OS. The zero-order valence-corrected chi connectivity index (χ0v) is 20.3. The first-order chi connectivity index (χ1) is 16.2. The maximum Gasteiger partial charge on any atom is 0.254 e. The first-order valence-corrected chi connectivity index (χ1v) is 13.2. The number of aliphatic imine (C=N–C) groups is 1. The molecule has 0 unspecified atom stereocenters. The van der Waals surface area contributed by atoms with E-state index in [9.17, 15) is 4.79 Å². The summed E-state index contributed by atoms with van der Waals surface area (Å²) in [6.45, 7) is 6.83. The maximum atomic E-state index is 13.5. The van der Waals surface area contributed by atoms with Crippen molar-refractivity contribution < 1.29 is 4.79 Å². The first-order valence-electron chi connectivity index (χ1n) is 12.4. The van der Waals surface area contributed by atoms with Crippen LogP contribution < -0.4 is 5.32 Å². The second-order valence-electron chi connectivity index (χ2n) is 9.37. The molecular weight excluding hydrogens is 426 g/mol. The summed E-state index contributed by atoms with van der Waals surface area (Å²) in [5.41, 5.74) is 5.57. The molecule has 5 rings (SSSR count). The minimum Gasteiger partial charge on any atom is -0.349 e. The van der Waals surface area contributed by atoms with E-state index < -0.39 is 0 Å². The van der Waals surface area contributed by atoms with Gasteiger partial charge in [-0.25, -0.2) is 4.99 Å². The molecule has 2 aliphatic carbocycles. The quantitative estimate of drug-likeness (QED) is 0.317. The minimum atomic E-state index is 0.0826. The SMILES string of the molecule is C=CCn1c(C)c(C=Nc2sc3c(c2C(=O)NC2CCCCC2)CCCC3)c2ccccc21. The molecule has 0 saturated heterocycles. The van der Waals surface area contributed by atoms with Gasteiger partial charge in [0.2, 0.25) is 0 Å². The minimum absolute atomic E-state index is 0.0826. The fourth-order valence-corrected chi connectivity index (χ4v) is 6.72. The van der Waals surface area contributed by atoms with E-state index in [-0.39, 0.29) is 5.91 Å². The summed E-state index contributed by atoms with van der Waals surface area (Å²) in [5.74, 6) is 0.0826. The van der Waals surface area contributed by atoms with Crippen LogP contribution in [0.1, 0.15) is 77.0 Å². The lowest BCUT2D eigenvalue weighted by Crippen LogP contribution is -2.36. The molecule has 0 radical (unpaired) electrons. The van der Waals surface area contributed by atoms with E-state index in [2.05, 4.69) is 47.7 Å². The number of carbonyl (C=O) groups is 1. The van der Waals surface area contributed by atoms with E-state index in [0.29, 0.717) is 6.04 Å². The van der Waals surface area contributed by atoms with Gasteiger partial charge in [-0.15, -0.1) is 17.9 Å². The number of carbonyl (C=O) groups excluding carboxylic acids is 1. The van der Waals surface area contributed by atoms with E-state index in [1.54, 1.807) is 11.3 Å². The number of rotatable bonds is 6. The summed E-state index contributed by atoms with van der Waals surface area (Å²) < 4.78 is 2.28. The highest BCUT2D eigenvalue weighted by Gasteiger charge is 2.27. The number of hydrogen-bond acceptors (Lipinski definition) is 3. The van der Waals surface area contributed by atoms with Crippen LogP contribution in [0.4, 0.5) is 5.00 Å². The van der Waals surface area contributed by atoms with Crippen molar-refractivity contribution in [3.8, 4) is 0 Å². The van der Waals surface area contributed by atoms with Gasteiger partial charge in [-0.05, 0) is 57.1 Å². The smallest absolute Gasteiger partial charge is 0.254 e. The molecule has 2 aliphatic rings. The number of hydrogen-bond donors (Lipinski definition) is 1. The van der Waals surface area contributed by atoms with Crippen molar-refractivity contribution in [1.29, 1.82) is 0 Å². The second kappa shape index (κ2) is 9.68. The number of thiophene rings is 1. The number of nitrogens with one attached hydrogen (secondary N) is 1. The summed E-state index contributed by atoms with van der Waals surface area (Å²) in [6.07, 6.45) is 14.2. The van der Waals surface area contributed by atoms with Crippen LogP contribution in [0.2, 0.25) is 0 Å². The third-order valence-corrected chi connectivity index (χ3v) is 8.42. The second-order valence-corrected chi connectivity index (χ2v) is 10.5. The number of para-hydroxylation sites is 1. The van der Waals surface area contributed by atoms with Crippen molar-refractivity contribution >= 4 is 39.4 Å². The van der Waals surface area contributed by atoms with Gasteiger partial charge in [0.15, 0.2) is 0 Å². The predicted molar refractivity (Wildman–Crippen MR) is 139 cm³/mol. The van der Waals surface area contributed by atoms with Gasteiger partial charge in [0.1, 0.15) is 5.00 Å². The molecule has 0 atom stereocenters. The Balaban J connectivity index is 1.52. The third kappa shape index (κ3) is 4.31. The van der Waals surface area contributed by atoms with Crippen LogP contribution in [0.25, 0.3) is 10.9 Å². The molecule has 1 N–H and O–H groups in total. The largest absolute Gasteiger partial charge is 0.349 e. The Morgan fingerprint density at radius 3 is 2.79 bits per heavy atom. The van der Waals surface area contributed by atoms with Crippen molar-refractivity contribution in [2.24, 2.45) is 4.99 Å². The predicted octanol–water partition coefficient (Wildman–Crippen LogP) is 6.89. The molecule has 0 bridgehead atoms. The van der Waals surface area contributed by atoms with Crippen LogP contribution in [-0.4, -0.2) is 22.7 Å². The van der Waals surface area contributed by atoms with Gasteiger partial charge >= 0.3 is 0 Å². The Bertz CT molecular complexity index is 1210. The molecule has 5 heteroatoms.